The molecule has 0 saturated heterocycles. The molecule has 0 spiro atoms. The van der Waals surface area contributed by atoms with Gasteiger partial charge < -0.3 is 18.9 Å². The lowest BCUT2D eigenvalue weighted by atomic mass is 10.1. The molecule has 0 saturated carbocycles. The highest BCUT2D eigenvalue weighted by Gasteiger charge is 2.15. The Bertz CT molecular complexity index is 784. The average Bonchev–Trinajstić information content (AvgIpc) is 2.95. The highest BCUT2D eigenvalue weighted by molar-refractivity contribution is 5.97. The van der Waals surface area contributed by atoms with E-state index in [-0.39, 0.29) is 0 Å². The fourth-order valence-electron chi connectivity index (χ4n) is 2.71. The van der Waals surface area contributed by atoms with Crippen molar-refractivity contribution in [3.8, 4) is 11.5 Å². The lowest BCUT2D eigenvalue weighted by Crippen LogP contribution is -2.09. The van der Waals surface area contributed by atoms with E-state index in [0.29, 0.717) is 18.9 Å². The van der Waals surface area contributed by atoms with E-state index in [1.807, 2.05) is 63.6 Å². The minimum atomic E-state index is 0.392. The van der Waals surface area contributed by atoms with Crippen LogP contribution in [0.5, 0.6) is 11.5 Å². The molecule has 0 bridgehead atoms. The fourth-order valence-corrected chi connectivity index (χ4v) is 2.71. The molecule has 0 fully saturated rings. The SMILES string of the molecule is C/C=C/COc1cc(C)c(OCc2c(/C(C)=N/OC)ncn2C)c(C)c1. The minimum Gasteiger partial charge on any atom is -0.490 e. The molecule has 1 aromatic carbocycles. The van der Waals surface area contributed by atoms with Crippen LogP contribution in [-0.4, -0.2) is 29.0 Å². The molecule has 1 aromatic heterocycles. The quantitative estimate of drug-likeness (QED) is 0.408. The maximum Gasteiger partial charge on any atom is 0.131 e. The summed E-state index contributed by atoms with van der Waals surface area (Å²) < 4.78 is 13.8. The topological polar surface area (TPSA) is 57.9 Å². The van der Waals surface area contributed by atoms with Gasteiger partial charge in [0, 0.05) is 7.05 Å². The summed E-state index contributed by atoms with van der Waals surface area (Å²) in [5, 5.41) is 3.97. The van der Waals surface area contributed by atoms with Crippen LogP contribution < -0.4 is 9.47 Å². The number of rotatable bonds is 8. The summed E-state index contributed by atoms with van der Waals surface area (Å²) in [6, 6.07) is 3.99. The third kappa shape index (κ3) is 4.65. The van der Waals surface area contributed by atoms with Gasteiger partial charge in [-0.2, -0.15) is 0 Å². The van der Waals surface area contributed by atoms with Crippen molar-refractivity contribution < 1.29 is 14.3 Å². The van der Waals surface area contributed by atoms with Crippen molar-refractivity contribution in [1.82, 2.24) is 9.55 Å². The van der Waals surface area contributed by atoms with Gasteiger partial charge in [-0.3, -0.25) is 0 Å². The second-order valence-corrected chi connectivity index (χ2v) is 6.06. The van der Waals surface area contributed by atoms with E-state index >= 15 is 0 Å². The van der Waals surface area contributed by atoms with Gasteiger partial charge in [0.2, 0.25) is 0 Å². The molecular weight excluding hydrogens is 330 g/mol. The Morgan fingerprint density at radius 3 is 2.54 bits per heavy atom. The molecule has 6 nitrogen and oxygen atoms in total. The van der Waals surface area contributed by atoms with Crippen molar-refractivity contribution in [3.63, 3.8) is 0 Å². The highest BCUT2D eigenvalue weighted by Crippen LogP contribution is 2.29. The Hall–Kier alpha value is -2.76. The summed E-state index contributed by atoms with van der Waals surface area (Å²) >= 11 is 0. The first-order chi connectivity index (χ1) is 12.5. The maximum absolute atomic E-state index is 6.12. The van der Waals surface area contributed by atoms with E-state index in [1.54, 1.807) is 6.33 Å². The van der Waals surface area contributed by atoms with Gasteiger partial charge in [0.05, 0.1) is 12.0 Å². The minimum absolute atomic E-state index is 0.392. The zero-order valence-electron chi connectivity index (χ0n) is 16.4. The van der Waals surface area contributed by atoms with Gasteiger partial charge in [-0.1, -0.05) is 17.3 Å². The summed E-state index contributed by atoms with van der Waals surface area (Å²) in [5.41, 5.74) is 4.50. The second kappa shape index (κ2) is 9.08. The number of benzene rings is 1. The van der Waals surface area contributed by atoms with Crippen LogP contribution in [0.25, 0.3) is 0 Å². The van der Waals surface area contributed by atoms with Gasteiger partial charge in [0.15, 0.2) is 0 Å². The van der Waals surface area contributed by atoms with E-state index in [9.17, 15) is 0 Å². The van der Waals surface area contributed by atoms with Crippen molar-refractivity contribution in [2.75, 3.05) is 13.7 Å². The normalized spacial score (nSPS) is 11.8. The molecule has 140 valence electrons. The lowest BCUT2D eigenvalue weighted by Gasteiger charge is -2.15. The van der Waals surface area contributed by atoms with Gasteiger partial charge >= 0.3 is 0 Å². The summed E-state index contributed by atoms with van der Waals surface area (Å²) in [4.78, 5) is 9.25. The standard InChI is InChI=1S/C20H27N3O3/c1-7-8-9-25-17-10-14(2)20(15(3)11-17)26-12-18-19(16(4)22-24-6)21-13-23(18)5/h7-8,10-11,13H,9,12H2,1-6H3/b8-7+,22-16+. The third-order valence-corrected chi connectivity index (χ3v) is 4.00. The largest absolute Gasteiger partial charge is 0.490 e. The first kappa shape index (κ1) is 19.6. The number of aryl methyl sites for hydroxylation is 3. The number of imidazole rings is 1. The van der Waals surface area contributed by atoms with Crippen LogP contribution in [-0.2, 0) is 18.5 Å². The summed E-state index contributed by atoms with van der Waals surface area (Å²) in [6.45, 7) is 8.83. The van der Waals surface area contributed by atoms with Gasteiger partial charge in [-0.05, 0) is 51.0 Å². The number of oxime groups is 1. The molecule has 6 heteroatoms. The van der Waals surface area contributed by atoms with Crippen molar-refractivity contribution >= 4 is 5.71 Å². The van der Waals surface area contributed by atoms with Crippen LogP contribution in [0.1, 0.15) is 36.4 Å². The second-order valence-electron chi connectivity index (χ2n) is 6.06. The predicted molar refractivity (Wildman–Crippen MR) is 103 cm³/mol. The van der Waals surface area contributed by atoms with Crippen LogP contribution >= 0.6 is 0 Å². The molecule has 0 unspecified atom stereocenters. The molecule has 0 N–H and O–H groups in total. The van der Waals surface area contributed by atoms with Gasteiger partial charge in [-0.25, -0.2) is 4.98 Å². The van der Waals surface area contributed by atoms with Crippen molar-refractivity contribution in [2.45, 2.75) is 34.3 Å². The molecule has 26 heavy (non-hydrogen) atoms. The fraction of sp³-hybridized carbons (Fsp3) is 0.400. The molecule has 1 heterocycles. The van der Waals surface area contributed by atoms with Gasteiger partial charge in [0.1, 0.15) is 43.2 Å². The monoisotopic (exact) mass is 357 g/mol. The number of nitrogens with zero attached hydrogens (tertiary/aromatic N) is 3. The summed E-state index contributed by atoms with van der Waals surface area (Å²) in [5.74, 6) is 1.70. The van der Waals surface area contributed by atoms with E-state index in [2.05, 4.69) is 10.1 Å². The maximum atomic E-state index is 6.12. The number of allylic oxidation sites excluding steroid dienone is 1. The molecule has 0 aliphatic carbocycles. The molecule has 0 radical (unpaired) electrons. The zero-order chi connectivity index (χ0) is 19.1. The van der Waals surface area contributed by atoms with Crippen LogP contribution in [0.15, 0.2) is 35.8 Å². The molecule has 2 aromatic rings. The van der Waals surface area contributed by atoms with Crippen molar-refractivity contribution in [1.29, 1.82) is 0 Å². The first-order valence-corrected chi connectivity index (χ1v) is 8.54. The Morgan fingerprint density at radius 1 is 1.23 bits per heavy atom. The van der Waals surface area contributed by atoms with Crippen molar-refractivity contribution in [3.05, 3.63) is 53.1 Å². The first-order valence-electron chi connectivity index (χ1n) is 8.54. The average molecular weight is 357 g/mol. The number of ether oxygens (including phenoxy) is 2. The molecule has 0 amide bonds. The van der Waals surface area contributed by atoms with Crippen LogP contribution in [0.4, 0.5) is 0 Å². The van der Waals surface area contributed by atoms with Gasteiger partial charge in [-0.15, -0.1) is 0 Å². The van der Waals surface area contributed by atoms with Gasteiger partial charge in [0.25, 0.3) is 0 Å². The molecular formula is C20H27N3O3. The number of hydrogen-bond donors (Lipinski definition) is 0. The van der Waals surface area contributed by atoms with E-state index in [1.165, 1.54) is 7.11 Å². The summed E-state index contributed by atoms with van der Waals surface area (Å²) in [6.07, 6.45) is 5.70. The Kier molecular flexibility index (Phi) is 6.83. The highest BCUT2D eigenvalue weighted by atomic mass is 16.6. The molecule has 0 aliphatic rings. The van der Waals surface area contributed by atoms with Crippen LogP contribution in [0.3, 0.4) is 0 Å². The zero-order valence-corrected chi connectivity index (χ0v) is 16.4. The van der Waals surface area contributed by atoms with Crippen LogP contribution in [0, 0.1) is 13.8 Å². The number of hydrogen-bond acceptors (Lipinski definition) is 5. The Labute approximate surface area is 155 Å². The third-order valence-electron chi connectivity index (χ3n) is 4.00. The smallest absolute Gasteiger partial charge is 0.131 e. The predicted octanol–water partition coefficient (Wildman–Crippen LogP) is 3.94. The number of aromatic nitrogens is 2. The van der Waals surface area contributed by atoms with E-state index in [0.717, 1.165) is 34.0 Å². The van der Waals surface area contributed by atoms with Crippen LogP contribution in [0.2, 0.25) is 0 Å². The van der Waals surface area contributed by atoms with E-state index < -0.39 is 0 Å². The summed E-state index contributed by atoms with van der Waals surface area (Å²) in [7, 11) is 3.46. The van der Waals surface area contributed by atoms with Crippen molar-refractivity contribution in [2.24, 2.45) is 12.2 Å². The Morgan fingerprint density at radius 2 is 1.92 bits per heavy atom. The molecule has 2 rings (SSSR count). The van der Waals surface area contributed by atoms with E-state index in [4.69, 9.17) is 14.3 Å². The lowest BCUT2D eigenvalue weighted by molar-refractivity contribution is 0.213. The molecule has 0 atom stereocenters. The molecule has 0 aliphatic heterocycles. The Balaban J connectivity index is 2.18.